The van der Waals surface area contributed by atoms with Crippen LogP contribution in [-0.4, -0.2) is 31.5 Å². The topological polar surface area (TPSA) is 47.6 Å². The van der Waals surface area contributed by atoms with Crippen molar-refractivity contribution >= 4 is 5.91 Å². The van der Waals surface area contributed by atoms with E-state index in [1.165, 1.54) is 6.92 Å². The van der Waals surface area contributed by atoms with Crippen molar-refractivity contribution in [3.8, 4) is 0 Å². The van der Waals surface area contributed by atoms with Crippen molar-refractivity contribution in [2.75, 3.05) is 19.8 Å². The highest BCUT2D eigenvalue weighted by atomic mass is 16.7. The number of carbonyl (C=O) groups excluding carboxylic acids is 1. The Morgan fingerprint density at radius 1 is 1.50 bits per heavy atom. The minimum absolute atomic E-state index is 0.00950. The standard InChI is InChI=1S/C10H19NO3/c1-8(7-11-9(2)12)6-10(3)13-4-5-14-10/h8H,4-7H2,1-3H3,(H,11,12). The fraction of sp³-hybridized carbons (Fsp3) is 0.900. The van der Waals surface area contributed by atoms with Gasteiger partial charge in [0.05, 0.1) is 13.2 Å². The van der Waals surface area contributed by atoms with Crippen molar-refractivity contribution in [3.05, 3.63) is 0 Å². The first-order valence-electron chi connectivity index (χ1n) is 5.04. The lowest BCUT2D eigenvalue weighted by Crippen LogP contribution is -2.33. The molecule has 1 aliphatic rings. The molecular formula is C10H19NO3. The molecule has 82 valence electrons. The van der Waals surface area contributed by atoms with Crippen LogP contribution in [0.4, 0.5) is 0 Å². The normalized spacial score (nSPS) is 21.9. The molecular weight excluding hydrogens is 182 g/mol. The fourth-order valence-corrected chi connectivity index (χ4v) is 1.70. The van der Waals surface area contributed by atoms with Gasteiger partial charge in [0.2, 0.25) is 5.91 Å². The second kappa shape index (κ2) is 4.75. The van der Waals surface area contributed by atoms with Gasteiger partial charge in [0.25, 0.3) is 0 Å². The van der Waals surface area contributed by atoms with E-state index in [0.29, 0.717) is 25.7 Å². The van der Waals surface area contributed by atoms with E-state index < -0.39 is 5.79 Å². The first-order chi connectivity index (χ1) is 6.52. The van der Waals surface area contributed by atoms with Crippen molar-refractivity contribution in [1.82, 2.24) is 5.32 Å². The van der Waals surface area contributed by atoms with Gasteiger partial charge in [0.15, 0.2) is 5.79 Å². The van der Waals surface area contributed by atoms with Crippen LogP contribution in [0.25, 0.3) is 0 Å². The number of rotatable bonds is 4. The summed E-state index contributed by atoms with van der Waals surface area (Å²) in [5.74, 6) is -0.0741. The highest BCUT2D eigenvalue weighted by Gasteiger charge is 2.32. The summed E-state index contributed by atoms with van der Waals surface area (Å²) in [7, 11) is 0. The molecule has 1 unspecified atom stereocenters. The van der Waals surface area contributed by atoms with Crippen molar-refractivity contribution in [2.24, 2.45) is 5.92 Å². The van der Waals surface area contributed by atoms with E-state index in [9.17, 15) is 4.79 Å². The molecule has 4 heteroatoms. The molecule has 1 heterocycles. The largest absolute Gasteiger partial charge is 0.356 e. The van der Waals surface area contributed by atoms with E-state index in [1.807, 2.05) is 6.92 Å². The number of hydrogen-bond donors (Lipinski definition) is 1. The predicted octanol–water partition coefficient (Wildman–Crippen LogP) is 0.912. The summed E-state index contributed by atoms with van der Waals surface area (Å²) >= 11 is 0. The molecule has 0 saturated carbocycles. The Morgan fingerprint density at radius 2 is 2.07 bits per heavy atom. The van der Waals surface area contributed by atoms with Crippen LogP contribution in [0, 0.1) is 5.92 Å². The van der Waals surface area contributed by atoms with Crippen molar-refractivity contribution in [2.45, 2.75) is 33.0 Å². The lowest BCUT2D eigenvalue weighted by molar-refractivity contribution is -0.154. The molecule has 0 radical (unpaired) electrons. The van der Waals surface area contributed by atoms with Crippen LogP contribution in [0.5, 0.6) is 0 Å². The minimum Gasteiger partial charge on any atom is -0.356 e. The Labute approximate surface area is 85.0 Å². The van der Waals surface area contributed by atoms with Crippen LogP contribution in [0.1, 0.15) is 27.2 Å². The monoisotopic (exact) mass is 201 g/mol. The lowest BCUT2D eigenvalue weighted by atomic mass is 10.0. The van der Waals surface area contributed by atoms with Crippen molar-refractivity contribution in [1.29, 1.82) is 0 Å². The molecule has 0 bridgehead atoms. The number of hydrogen-bond acceptors (Lipinski definition) is 3. The highest BCUT2D eigenvalue weighted by Crippen LogP contribution is 2.26. The van der Waals surface area contributed by atoms with E-state index >= 15 is 0 Å². The summed E-state index contributed by atoms with van der Waals surface area (Å²) in [6.07, 6.45) is 0.813. The molecule has 4 nitrogen and oxygen atoms in total. The lowest BCUT2D eigenvalue weighted by Gasteiger charge is -2.25. The quantitative estimate of drug-likeness (QED) is 0.735. The Hall–Kier alpha value is -0.610. The molecule has 14 heavy (non-hydrogen) atoms. The second-order valence-electron chi connectivity index (χ2n) is 4.08. The number of ether oxygens (including phenoxy) is 2. The van der Waals surface area contributed by atoms with Crippen LogP contribution in [-0.2, 0) is 14.3 Å². The van der Waals surface area contributed by atoms with Crippen LogP contribution in [0.2, 0.25) is 0 Å². The fourth-order valence-electron chi connectivity index (χ4n) is 1.70. The zero-order valence-electron chi connectivity index (χ0n) is 9.13. The van der Waals surface area contributed by atoms with E-state index in [-0.39, 0.29) is 5.91 Å². The van der Waals surface area contributed by atoms with Crippen LogP contribution < -0.4 is 5.32 Å². The summed E-state index contributed by atoms with van der Waals surface area (Å²) in [5.41, 5.74) is 0. The van der Waals surface area contributed by atoms with Gasteiger partial charge >= 0.3 is 0 Å². The van der Waals surface area contributed by atoms with E-state index in [2.05, 4.69) is 12.2 Å². The van der Waals surface area contributed by atoms with Crippen molar-refractivity contribution in [3.63, 3.8) is 0 Å². The molecule has 1 saturated heterocycles. The maximum absolute atomic E-state index is 10.7. The Balaban J connectivity index is 2.25. The van der Waals surface area contributed by atoms with Gasteiger partial charge in [0, 0.05) is 19.9 Å². The van der Waals surface area contributed by atoms with Gasteiger partial charge < -0.3 is 14.8 Å². The average molecular weight is 201 g/mol. The number of carbonyl (C=O) groups is 1. The zero-order valence-corrected chi connectivity index (χ0v) is 9.13. The highest BCUT2D eigenvalue weighted by molar-refractivity contribution is 5.72. The van der Waals surface area contributed by atoms with Gasteiger partial charge in [-0.25, -0.2) is 0 Å². The Bertz CT molecular complexity index is 200. The molecule has 1 fully saturated rings. The van der Waals surface area contributed by atoms with Crippen molar-refractivity contribution < 1.29 is 14.3 Å². The molecule has 1 amide bonds. The predicted molar refractivity (Wildman–Crippen MR) is 52.8 cm³/mol. The molecule has 0 aromatic carbocycles. The minimum atomic E-state index is -0.447. The van der Waals surface area contributed by atoms with Gasteiger partial charge in [-0.2, -0.15) is 0 Å². The number of amides is 1. The molecule has 0 aromatic heterocycles. The molecule has 1 rings (SSSR count). The van der Waals surface area contributed by atoms with Gasteiger partial charge in [-0.3, -0.25) is 4.79 Å². The molecule has 0 spiro atoms. The molecule has 1 N–H and O–H groups in total. The van der Waals surface area contributed by atoms with Crippen LogP contribution >= 0.6 is 0 Å². The van der Waals surface area contributed by atoms with Gasteiger partial charge in [-0.15, -0.1) is 0 Å². The smallest absolute Gasteiger partial charge is 0.216 e. The summed E-state index contributed by atoms with van der Waals surface area (Å²) in [5, 5.41) is 2.79. The SMILES string of the molecule is CC(=O)NCC(C)CC1(C)OCCO1. The third-order valence-electron chi connectivity index (χ3n) is 2.32. The summed E-state index contributed by atoms with van der Waals surface area (Å²) in [4.78, 5) is 10.7. The van der Waals surface area contributed by atoms with Gasteiger partial charge in [-0.05, 0) is 12.8 Å². The molecule has 1 aliphatic heterocycles. The van der Waals surface area contributed by atoms with Gasteiger partial charge in [-0.1, -0.05) is 6.92 Å². The third kappa shape index (κ3) is 3.64. The Morgan fingerprint density at radius 3 is 2.57 bits per heavy atom. The van der Waals surface area contributed by atoms with E-state index in [4.69, 9.17) is 9.47 Å². The second-order valence-corrected chi connectivity index (χ2v) is 4.08. The maximum atomic E-state index is 10.7. The molecule has 0 aromatic rings. The summed E-state index contributed by atoms with van der Waals surface area (Å²) < 4.78 is 11.0. The van der Waals surface area contributed by atoms with Gasteiger partial charge in [0.1, 0.15) is 0 Å². The first-order valence-corrected chi connectivity index (χ1v) is 5.04. The van der Waals surface area contributed by atoms with Crippen LogP contribution in [0.3, 0.4) is 0 Å². The molecule has 1 atom stereocenters. The Kier molecular flexibility index (Phi) is 3.89. The average Bonchev–Trinajstić information content (AvgIpc) is 2.48. The number of nitrogens with one attached hydrogen (secondary N) is 1. The summed E-state index contributed by atoms with van der Waals surface area (Å²) in [6.45, 7) is 7.57. The summed E-state index contributed by atoms with van der Waals surface area (Å²) in [6, 6.07) is 0. The molecule has 0 aliphatic carbocycles. The van der Waals surface area contributed by atoms with E-state index in [1.54, 1.807) is 0 Å². The van der Waals surface area contributed by atoms with Crippen LogP contribution in [0.15, 0.2) is 0 Å². The maximum Gasteiger partial charge on any atom is 0.216 e. The third-order valence-corrected chi connectivity index (χ3v) is 2.32. The zero-order chi connectivity index (χ0) is 10.6. The first kappa shape index (κ1) is 11.5. The van der Waals surface area contributed by atoms with E-state index in [0.717, 1.165) is 6.42 Å².